The quantitative estimate of drug-likeness (QED) is 0.0893. The number of aromatic hydroxyl groups is 2. The van der Waals surface area contributed by atoms with Gasteiger partial charge in [0, 0.05) is 10.8 Å². The van der Waals surface area contributed by atoms with Gasteiger partial charge in [0.2, 0.25) is 11.5 Å². The summed E-state index contributed by atoms with van der Waals surface area (Å²) in [6.07, 6.45) is 0. The van der Waals surface area contributed by atoms with Crippen LogP contribution in [0.5, 0.6) is 34.5 Å². The predicted molar refractivity (Wildman–Crippen MR) is 225 cm³/mol. The maximum atomic E-state index is 13.0. The Labute approximate surface area is 351 Å². The van der Waals surface area contributed by atoms with Gasteiger partial charge in [0.1, 0.15) is 34.5 Å². The van der Waals surface area contributed by atoms with Gasteiger partial charge in [-0.05, 0) is 119 Å². The molecule has 7 aromatic rings. The number of phenols is 2. The summed E-state index contributed by atoms with van der Waals surface area (Å²) >= 11 is 0. The lowest BCUT2D eigenvalue weighted by Gasteiger charge is -2.26. The minimum absolute atomic E-state index is 0.0311. The van der Waals surface area contributed by atoms with Gasteiger partial charge in [-0.3, -0.25) is 0 Å². The van der Waals surface area contributed by atoms with E-state index < -0.39 is 23.9 Å². The molecule has 0 aliphatic heterocycles. The number of hydrogen-bond acceptors (Lipinski definition) is 11. The van der Waals surface area contributed by atoms with Crippen molar-refractivity contribution in [1.29, 1.82) is 0 Å². The van der Waals surface area contributed by atoms with Crippen LogP contribution in [0.2, 0.25) is 0 Å². The molecule has 0 amide bonds. The second kappa shape index (κ2) is 17.1. The lowest BCUT2D eigenvalue weighted by Crippen LogP contribution is -2.18. The molecule has 61 heavy (non-hydrogen) atoms. The van der Waals surface area contributed by atoms with Gasteiger partial charge in [-0.2, -0.15) is 0 Å². The summed E-state index contributed by atoms with van der Waals surface area (Å²) in [5, 5.41) is 19.3. The Bertz CT molecular complexity index is 2520. The smallest absolute Gasteiger partial charge is 0.379 e. The second-order valence-electron chi connectivity index (χ2n) is 15.2. The molecule has 11 nitrogen and oxygen atoms in total. The van der Waals surface area contributed by atoms with Crippen molar-refractivity contribution in [2.45, 2.75) is 38.5 Å². The van der Waals surface area contributed by atoms with Gasteiger partial charge in [0.25, 0.3) is 0 Å². The van der Waals surface area contributed by atoms with Gasteiger partial charge in [0.05, 0.1) is 11.1 Å². The summed E-state index contributed by atoms with van der Waals surface area (Å²) in [5.41, 5.74) is 3.44. The molecule has 7 rings (SSSR count). The van der Waals surface area contributed by atoms with E-state index in [1.165, 1.54) is 60.7 Å². The largest absolute Gasteiger partial charge is 0.508 e. The zero-order valence-corrected chi connectivity index (χ0v) is 33.6. The van der Waals surface area contributed by atoms with Crippen molar-refractivity contribution < 1.29 is 52.8 Å². The second-order valence-corrected chi connectivity index (χ2v) is 15.2. The third-order valence-corrected chi connectivity index (χ3v) is 10.3. The fraction of sp³-hybridized carbons (Fsp3) is 0.120. The lowest BCUT2D eigenvalue weighted by molar-refractivity contribution is 0.0661. The maximum Gasteiger partial charge on any atom is 0.379 e. The summed E-state index contributed by atoms with van der Waals surface area (Å²) in [6.45, 7) is 8.20. The van der Waals surface area contributed by atoms with Crippen LogP contribution in [-0.2, 0) is 10.8 Å². The predicted octanol–water partition coefficient (Wildman–Crippen LogP) is 10.2. The molecular formula is C50H40O11. The fourth-order valence-corrected chi connectivity index (χ4v) is 6.55. The van der Waals surface area contributed by atoms with E-state index in [4.69, 9.17) is 23.4 Å². The average Bonchev–Trinajstić information content (AvgIpc) is 3.76. The Morgan fingerprint density at radius 3 is 1.05 bits per heavy atom. The number of carbonyl (C=O) groups is 4. The van der Waals surface area contributed by atoms with E-state index in [-0.39, 0.29) is 56.5 Å². The Balaban J connectivity index is 0.925. The normalized spacial score (nSPS) is 11.3. The monoisotopic (exact) mass is 816 g/mol. The van der Waals surface area contributed by atoms with Gasteiger partial charge >= 0.3 is 23.9 Å². The fourth-order valence-electron chi connectivity index (χ4n) is 6.55. The Morgan fingerprint density at radius 2 is 0.705 bits per heavy atom. The number of benzene rings is 6. The van der Waals surface area contributed by atoms with E-state index in [1.54, 1.807) is 48.5 Å². The van der Waals surface area contributed by atoms with Gasteiger partial charge < -0.3 is 33.6 Å². The van der Waals surface area contributed by atoms with E-state index in [1.807, 2.05) is 48.5 Å². The van der Waals surface area contributed by atoms with Crippen LogP contribution >= 0.6 is 0 Å². The molecule has 1 heterocycles. The minimum atomic E-state index is -0.932. The highest BCUT2D eigenvalue weighted by molar-refractivity contribution is 5.95. The molecule has 0 aliphatic carbocycles. The van der Waals surface area contributed by atoms with Crippen molar-refractivity contribution in [3.63, 3.8) is 0 Å². The van der Waals surface area contributed by atoms with E-state index in [0.29, 0.717) is 11.5 Å². The van der Waals surface area contributed by atoms with Crippen LogP contribution < -0.4 is 18.9 Å². The van der Waals surface area contributed by atoms with Gasteiger partial charge in [-0.25, -0.2) is 19.2 Å². The molecule has 0 saturated heterocycles. The van der Waals surface area contributed by atoms with E-state index in [2.05, 4.69) is 27.7 Å². The molecule has 0 saturated carbocycles. The van der Waals surface area contributed by atoms with Gasteiger partial charge in [0.15, 0.2) is 0 Å². The highest BCUT2D eigenvalue weighted by atomic mass is 16.6. The Morgan fingerprint density at radius 1 is 0.393 bits per heavy atom. The number of hydrogen-bond donors (Lipinski definition) is 2. The molecule has 11 heteroatoms. The topological polar surface area (TPSA) is 159 Å². The molecular weight excluding hydrogens is 777 g/mol. The zero-order chi connectivity index (χ0) is 43.3. The molecule has 0 atom stereocenters. The maximum absolute atomic E-state index is 13.0. The van der Waals surface area contributed by atoms with E-state index >= 15 is 0 Å². The molecule has 0 fully saturated rings. The summed E-state index contributed by atoms with van der Waals surface area (Å²) < 4.78 is 27.4. The number of carbonyl (C=O) groups excluding carboxylic acids is 4. The SMILES string of the molecule is CC(C)(c1ccc(O)cc1)c1ccc(OC(=O)c2cccc(OC(=O)c3ccc(C(=O)Oc4cccc(C(=O)Oc5ccc(C(C)(C)c6ccc(O)cc6)cc5)c4)o3)c2)cc1. The third-order valence-electron chi connectivity index (χ3n) is 10.3. The highest BCUT2D eigenvalue weighted by Crippen LogP contribution is 2.35. The zero-order valence-electron chi connectivity index (χ0n) is 33.6. The standard InChI is InChI=1S/C50H40O11/c1-49(2,33-11-19-37(51)20-12-33)35-15-23-39(24-16-35)57-45(53)31-7-5-9-41(29-31)59-47(55)43-27-28-44(61-43)48(56)60-42-10-6-8-32(30-42)46(54)58-40-25-17-36(18-26-40)50(3,4)34-13-21-38(52)22-14-34/h5-30,51-52H,1-4H3. The molecule has 0 radical (unpaired) electrons. The molecule has 0 aliphatic rings. The molecule has 1 aromatic heterocycles. The minimum Gasteiger partial charge on any atom is -0.508 e. The van der Waals surface area contributed by atoms with Crippen LogP contribution in [0.25, 0.3) is 0 Å². The lowest BCUT2D eigenvalue weighted by atomic mass is 9.78. The summed E-state index contributed by atoms with van der Waals surface area (Å²) in [6, 6.07) is 42.4. The van der Waals surface area contributed by atoms with E-state index in [0.717, 1.165) is 22.3 Å². The summed E-state index contributed by atoms with van der Waals surface area (Å²) in [4.78, 5) is 52.0. The van der Waals surface area contributed by atoms with Crippen molar-refractivity contribution in [3.05, 3.63) is 203 Å². The molecule has 0 unspecified atom stereocenters. The summed E-state index contributed by atoms with van der Waals surface area (Å²) in [7, 11) is 0. The van der Waals surface area contributed by atoms with Gasteiger partial charge in [-0.15, -0.1) is 0 Å². The number of rotatable bonds is 12. The molecule has 6 aromatic carbocycles. The van der Waals surface area contributed by atoms with Crippen molar-refractivity contribution >= 4 is 23.9 Å². The first-order chi connectivity index (χ1) is 29.1. The Hall–Kier alpha value is -7.92. The molecule has 0 spiro atoms. The average molecular weight is 817 g/mol. The number of esters is 4. The van der Waals surface area contributed by atoms with Crippen molar-refractivity contribution in [2.75, 3.05) is 0 Å². The first kappa shape index (κ1) is 41.2. The van der Waals surface area contributed by atoms with Crippen molar-refractivity contribution in [2.24, 2.45) is 0 Å². The third kappa shape index (κ3) is 9.53. The van der Waals surface area contributed by atoms with Crippen LogP contribution in [0.15, 0.2) is 162 Å². The molecule has 306 valence electrons. The van der Waals surface area contributed by atoms with Crippen molar-refractivity contribution in [1.82, 2.24) is 0 Å². The van der Waals surface area contributed by atoms with Gasteiger partial charge in [-0.1, -0.05) is 88.4 Å². The number of furan rings is 1. The molecule has 2 N–H and O–H groups in total. The molecule has 0 bridgehead atoms. The van der Waals surface area contributed by atoms with E-state index in [9.17, 15) is 29.4 Å². The van der Waals surface area contributed by atoms with Crippen LogP contribution in [0.1, 0.15) is 91.8 Å². The number of ether oxygens (including phenoxy) is 4. The van der Waals surface area contributed by atoms with Crippen LogP contribution in [0, 0.1) is 0 Å². The Kier molecular flexibility index (Phi) is 11.6. The number of phenolic OH excluding ortho intramolecular Hbond substituents is 2. The van der Waals surface area contributed by atoms with Crippen molar-refractivity contribution in [3.8, 4) is 34.5 Å². The van der Waals surface area contributed by atoms with Crippen LogP contribution in [-0.4, -0.2) is 34.1 Å². The highest BCUT2D eigenvalue weighted by Gasteiger charge is 2.25. The van der Waals surface area contributed by atoms with Crippen LogP contribution in [0.3, 0.4) is 0 Å². The summed E-state index contributed by atoms with van der Waals surface area (Å²) in [5.74, 6) is -2.76. The first-order valence-corrected chi connectivity index (χ1v) is 19.1. The first-order valence-electron chi connectivity index (χ1n) is 19.1. The van der Waals surface area contributed by atoms with Crippen LogP contribution in [0.4, 0.5) is 0 Å².